The maximum Gasteiger partial charge on any atom is 0.0991 e. The predicted molar refractivity (Wildman–Crippen MR) is 72.8 cm³/mol. The van der Waals surface area contributed by atoms with E-state index < -0.39 is 0 Å². The Labute approximate surface area is 112 Å². The summed E-state index contributed by atoms with van der Waals surface area (Å²) in [5.74, 6) is 0. The van der Waals surface area contributed by atoms with Crippen molar-refractivity contribution in [1.82, 2.24) is 9.78 Å². The summed E-state index contributed by atoms with van der Waals surface area (Å²) in [6.07, 6.45) is 6.27. The summed E-state index contributed by atoms with van der Waals surface area (Å²) in [5.41, 5.74) is 10.2. The lowest BCUT2D eigenvalue weighted by molar-refractivity contribution is 0.611. The second kappa shape index (κ2) is 4.87. The van der Waals surface area contributed by atoms with Gasteiger partial charge in [-0.05, 0) is 43.5 Å². The summed E-state index contributed by atoms with van der Waals surface area (Å²) >= 11 is 0. The highest BCUT2D eigenvalue weighted by Gasteiger charge is 2.20. The van der Waals surface area contributed by atoms with E-state index in [1.165, 1.54) is 17.7 Å². The van der Waals surface area contributed by atoms with E-state index in [4.69, 9.17) is 11.0 Å². The summed E-state index contributed by atoms with van der Waals surface area (Å²) in [6.45, 7) is 0. The van der Waals surface area contributed by atoms with Crippen LogP contribution in [0.25, 0.3) is 5.69 Å². The highest BCUT2D eigenvalue weighted by atomic mass is 15.3. The SMILES string of the molecule is N#Cc1ccc(-n2ncc3c2CCCCC3N)cc1. The van der Waals surface area contributed by atoms with E-state index in [0.29, 0.717) is 5.56 Å². The molecule has 19 heavy (non-hydrogen) atoms. The fourth-order valence-electron chi connectivity index (χ4n) is 2.66. The van der Waals surface area contributed by atoms with Crippen LogP contribution in [-0.4, -0.2) is 9.78 Å². The monoisotopic (exact) mass is 252 g/mol. The smallest absolute Gasteiger partial charge is 0.0991 e. The second-order valence-corrected chi connectivity index (χ2v) is 4.97. The fraction of sp³-hybridized carbons (Fsp3) is 0.333. The minimum absolute atomic E-state index is 0.102. The minimum Gasteiger partial charge on any atom is -0.324 e. The van der Waals surface area contributed by atoms with Crippen molar-refractivity contribution in [3.63, 3.8) is 0 Å². The molecular formula is C15H16N4. The molecule has 1 heterocycles. The lowest BCUT2D eigenvalue weighted by Crippen LogP contribution is -2.10. The molecule has 0 aliphatic heterocycles. The highest BCUT2D eigenvalue weighted by molar-refractivity contribution is 5.41. The van der Waals surface area contributed by atoms with E-state index in [1.54, 1.807) is 0 Å². The lowest BCUT2D eigenvalue weighted by Gasteiger charge is -2.09. The van der Waals surface area contributed by atoms with Crippen LogP contribution in [0.5, 0.6) is 0 Å². The van der Waals surface area contributed by atoms with Crippen LogP contribution in [0.15, 0.2) is 30.5 Å². The van der Waals surface area contributed by atoms with Crippen LogP contribution in [0.4, 0.5) is 0 Å². The van der Waals surface area contributed by atoms with Crippen LogP contribution < -0.4 is 5.73 Å². The van der Waals surface area contributed by atoms with E-state index >= 15 is 0 Å². The first-order valence-electron chi connectivity index (χ1n) is 6.62. The van der Waals surface area contributed by atoms with Crippen LogP contribution in [0, 0.1) is 11.3 Å². The molecule has 0 amide bonds. The third-order valence-corrected chi connectivity index (χ3v) is 3.72. The molecule has 0 radical (unpaired) electrons. The summed E-state index contributed by atoms with van der Waals surface area (Å²) in [6, 6.07) is 9.74. The maximum atomic E-state index is 8.83. The van der Waals surface area contributed by atoms with Gasteiger partial charge < -0.3 is 5.73 Å². The van der Waals surface area contributed by atoms with Gasteiger partial charge in [-0.25, -0.2) is 4.68 Å². The zero-order valence-electron chi connectivity index (χ0n) is 10.7. The fourth-order valence-corrected chi connectivity index (χ4v) is 2.66. The molecule has 96 valence electrons. The van der Waals surface area contributed by atoms with Crippen molar-refractivity contribution in [2.24, 2.45) is 5.73 Å². The first-order valence-corrected chi connectivity index (χ1v) is 6.62. The molecule has 0 saturated carbocycles. The minimum atomic E-state index is 0.102. The van der Waals surface area contributed by atoms with Gasteiger partial charge in [0.25, 0.3) is 0 Å². The van der Waals surface area contributed by atoms with Gasteiger partial charge in [-0.2, -0.15) is 10.4 Å². The molecule has 0 bridgehead atoms. The standard InChI is InChI=1S/C15H16N4/c16-9-11-5-7-12(8-6-11)19-15-4-2-1-3-14(17)13(15)10-18-19/h5-8,10,14H,1-4,17H2. The van der Waals surface area contributed by atoms with Gasteiger partial charge >= 0.3 is 0 Å². The largest absolute Gasteiger partial charge is 0.324 e. The Bertz CT molecular complexity index is 619. The van der Waals surface area contributed by atoms with E-state index in [-0.39, 0.29) is 6.04 Å². The van der Waals surface area contributed by atoms with Crippen molar-refractivity contribution >= 4 is 0 Å². The van der Waals surface area contributed by atoms with E-state index in [2.05, 4.69) is 11.2 Å². The summed E-state index contributed by atoms with van der Waals surface area (Å²) in [5, 5.41) is 13.3. The number of aromatic nitrogens is 2. The molecule has 1 aromatic carbocycles. The molecule has 2 aromatic rings. The molecule has 2 N–H and O–H groups in total. The Hall–Kier alpha value is -2.12. The van der Waals surface area contributed by atoms with Gasteiger partial charge in [0.05, 0.1) is 23.5 Å². The van der Waals surface area contributed by atoms with Crippen molar-refractivity contribution in [1.29, 1.82) is 5.26 Å². The van der Waals surface area contributed by atoms with Crippen LogP contribution in [0.1, 0.15) is 42.1 Å². The van der Waals surface area contributed by atoms with Crippen molar-refractivity contribution in [2.45, 2.75) is 31.7 Å². The lowest BCUT2D eigenvalue weighted by atomic mass is 10.1. The number of fused-ring (bicyclic) bond motifs is 1. The summed E-state index contributed by atoms with van der Waals surface area (Å²) in [7, 11) is 0. The van der Waals surface area contributed by atoms with Gasteiger partial charge in [0.15, 0.2) is 0 Å². The van der Waals surface area contributed by atoms with Gasteiger partial charge in [0.1, 0.15) is 0 Å². The third-order valence-electron chi connectivity index (χ3n) is 3.72. The Morgan fingerprint density at radius 3 is 2.79 bits per heavy atom. The number of nitrogens with zero attached hydrogens (tertiary/aromatic N) is 3. The van der Waals surface area contributed by atoms with Crippen LogP contribution >= 0.6 is 0 Å². The first kappa shape index (κ1) is 11.9. The number of hydrogen-bond donors (Lipinski definition) is 1. The van der Waals surface area contributed by atoms with Gasteiger partial charge in [-0.1, -0.05) is 6.42 Å². The molecule has 1 aliphatic carbocycles. The molecular weight excluding hydrogens is 236 g/mol. The van der Waals surface area contributed by atoms with Crippen molar-refractivity contribution in [3.8, 4) is 11.8 Å². The van der Waals surface area contributed by atoms with E-state index in [0.717, 1.165) is 24.9 Å². The molecule has 1 aliphatic rings. The molecule has 1 unspecified atom stereocenters. The molecule has 0 fully saturated rings. The normalized spacial score (nSPS) is 18.4. The van der Waals surface area contributed by atoms with Gasteiger partial charge in [0.2, 0.25) is 0 Å². The first-order chi connectivity index (χ1) is 9.29. The van der Waals surface area contributed by atoms with Crippen LogP contribution in [-0.2, 0) is 6.42 Å². The van der Waals surface area contributed by atoms with Gasteiger partial charge in [-0.15, -0.1) is 0 Å². The molecule has 1 atom stereocenters. The van der Waals surface area contributed by atoms with Crippen molar-refractivity contribution in [2.75, 3.05) is 0 Å². The molecule has 3 rings (SSSR count). The average molecular weight is 252 g/mol. The Kier molecular flexibility index (Phi) is 3.06. The number of nitriles is 1. The number of rotatable bonds is 1. The zero-order chi connectivity index (χ0) is 13.2. The zero-order valence-corrected chi connectivity index (χ0v) is 10.7. The Morgan fingerprint density at radius 1 is 1.26 bits per heavy atom. The number of nitrogens with two attached hydrogens (primary N) is 1. The quantitative estimate of drug-likeness (QED) is 0.793. The third kappa shape index (κ3) is 2.13. The second-order valence-electron chi connectivity index (χ2n) is 4.97. The van der Waals surface area contributed by atoms with Crippen LogP contribution in [0.2, 0.25) is 0 Å². The molecule has 0 spiro atoms. The van der Waals surface area contributed by atoms with Crippen molar-refractivity contribution < 1.29 is 0 Å². The average Bonchev–Trinajstić information content (AvgIpc) is 2.79. The number of benzene rings is 1. The Morgan fingerprint density at radius 2 is 2.05 bits per heavy atom. The van der Waals surface area contributed by atoms with E-state index in [9.17, 15) is 0 Å². The molecule has 0 saturated heterocycles. The predicted octanol–water partition coefficient (Wildman–Crippen LogP) is 2.47. The number of hydrogen-bond acceptors (Lipinski definition) is 3. The van der Waals surface area contributed by atoms with Gasteiger partial charge in [0, 0.05) is 17.3 Å². The molecule has 4 heteroatoms. The Balaban J connectivity index is 2.03. The van der Waals surface area contributed by atoms with Crippen molar-refractivity contribution in [3.05, 3.63) is 47.3 Å². The van der Waals surface area contributed by atoms with Gasteiger partial charge in [-0.3, -0.25) is 0 Å². The van der Waals surface area contributed by atoms with E-state index in [1.807, 2.05) is 35.1 Å². The molecule has 4 nitrogen and oxygen atoms in total. The highest BCUT2D eigenvalue weighted by Crippen LogP contribution is 2.28. The summed E-state index contributed by atoms with van der Waals surface area (Å²) < 4.78 is 1.96. The summed E-state index contributed by atoms with van der Waals surface area (Å²) in [4.78, 5) is 0. The van der Waals surface area contributed by atoms with Crippen LogP contribution in [0.3, 0.4) is 0 Å². The topological polar surface area (TPSA) is 67.6 Å². The molecule has 1 aromatic heterocycles. The maximum absolute atomic E-state index is 8.83.